The summed E-state index contributed by atoms with van der Waals surface area (Å²) in [6, 6.07) is 0. The monoisotopic (exact) mass is 378 g/mol. The number of hydrogen-bond donors (Lipinski definition) is 2. The van der Waals surface area contributed by atoms with Crippen LogP contribution >= 0.6 is 15.9 Å². The Hall–Kier alpha value is -0.970. The fourth-order valence-electron chi connectivity index (χ4n) is 2.41. The summed E-state index contributed by atoms with van der Waals surface area (Å²) in [6.07, 6.45) is 2.33. The molecule has 1 aliphatic heterocycles. The molecule has 0 aromatic carbocycles. The van der Waals surface area contributed by atoms with Gasteiger partial charge in [0.15, 0.2) is 5.82 Å². The van der Waals surface area contributed by atoms with Crippen LogP contribution in [0.3, 0.4) is 0 Å². The molecule has 2 aliphatic rings. The lowest BCUT2D eigenvalue weighted by Crippen LogP contribution is -2.35. The number of nitrogens with zero attached hydrogens (tertiary/aromatic N) is 3. The van der Waals surface area contributed by atoms with Gasteiger partial charge in [-0.05, 0) is 34.2 Å². The number of aromatic nitrogens is 2. The van der Waals surface area contributed by atoms with Crippen LogP contribution in [-0.4, -0.2) is 54.1 Å². The summed E-state index contributed by atoms with van der Waals surface area (Å²) in [5, 5.41) is 8.74. The van der Waals surface area contributed by atoms with Crippen molar-refractivity contribution >= 4 is 32.0 Å². The van der Waals surface area contributed by atoms with E-state index in [9.17, 15) is 8.42 Å². The second kappa shape index (κ2) is 5.67. The number of aliphatic hydroxyl groups excluding tert-OH is 1. The minimum Gasteiger partial charge on any atom is -0.474 e. The number of halogens is 1. The Labute approximate surface area is 130 Å². The van der Waals surface area contributed by atoms with E-state index in [0.717, 1.165) is 6.42 Å². The van der Waals surface area contributed by atoms with Crippen molar-refractivity contribution in [2.24, 2.45) is 11.8 Å². The smallest absolute Gasteiger partial charge is 0.302 e. The zero-order valence-corrected chi connectivity index (χ0v) is 13.5. The highest BCUT2D eigenvalue weighted by molar-refractivity contribution is 9.10. The van der Waals surface area contributed by atoms with Crippen LogP contribution in [0, 0.1) is 11.8 Å². The van der Waals surface area contributed by atoms with Crippen LogP contribution in [0.4, 0.5) is 5.82 Å². The van der Waals surface area contributed by atoms with Crippen molar-refractivity contribution in [1.29, 1.82) is 0 Å². The van der Waals surface area contributed by atoms with Crippen LogP contribution in [0.15, 0.2) is 10.8 Å². The van der Waals surface area contributed by atoms with Crippen LogP contribution in [-0.2, 0) is 10.2 Å². The maximum absolute atomic E-state index is 12.3. The molecule has 21 heavy (non-hydrogen) atoms. The maximum Gasteiger partial charge on any atom is 0.302 e. The van der Waals surface area contributed by atoms with E-state index in [-0.39, 0.29) is 24.9 Å². The van der Waals surface area contributed by atoms with Crippen molar-refractivity contribution in [1.82, 2.24) is 14.3 Å². The number of nitrogens with one attached hydrogen (secondary N) is 1. The molecule has 2 fully saturated rings. The highest BCUT2D eigenvalue weighted by Gasteiger charge is 2.48. The summed E-state index contributed by atoms with van der Waals surface area (Å²) in [5.74, 6) is 1.33. The predicted octanol–water partition coefficient (Wildman–Crippen LogP) is 0.219. The standard InChI is InChI=1S/C11H15BrN4O4S/c12-9-10(13-6-14-11(9)20-2-1-17)15-21(18,19)16-4-7-3-8(7)5-16/h6-8,17H,1-5H2,(H,13,14,15)/t7-,8+. The number of anilines is 1. The second-order valence-electron chi connectivity index (χ2n) is 5.09. The molecule has 0 amide bonds. The lowest BCUT2D eigenvalue weighted by atomic mass is 10.4. The lowest BCUT2D eigenvalue weighted by molar-refractivity contribution is 0.196. The number of piperidine rings is 1. The van der Waals surface area contributed by atoms with E-state index in [0.29, 0.717) is 29.4 Å². The van der Waals surface area contributed by atoms with Gasteiger partial charge in [-0.15, -0.1) is 0 Å². The average molecular weight is 379 g/mol. The van der Waals surface area contributed by atoms with Gasteiger partial charge in [-0.25, -0.2) is 9.97 Å². The van der Waals surface area contributed by atoms with Crippen LogP contribution in [0.25, 0.3) is 0 Å². The maximum atomic E-state index is 12.3. The predicted molar refractivity (Wildman–Crippen MR) is 78.0 cm³/mol. The molecule has 1 aromatic rings. The van der Waals surface area contributed by atoms with Gasteiger partial charge in [0.1, 0.15) is 17.4 Å². The number of rotatable bonds is 6. The molecule has 0 bridgehead atoms. The summed E-state index contributed by atoms with van der Waals surface area (Å²) < 4.78 is 34.0. The van der Waals surface area contributed by atoms with Gasteiger partial charge in [0.05, 0.1) is 6.61 Å². The summed E-state index contributed by atoms with van der Waals surface area (Å²) in [4.78, 5) is 7.80. The third-order valence-electron chi connectivity index (χ3n) is 3.60. The third-order valence-corrected chi connectivity index (χ3v) is 5.74. The minimum atomic E-state index is -3.62. The van der Waals surface area contributed by atoms with Crippen molar-refractivity contribution in [2.75, 3.05) is 31.0 Å². The van der Waals surface area contributed by atoms with Gasteiger partial charge in [0, 0.05) is 13.1 Å². The van der Waals surface area contributed by atoms with Crippen molar-refractivity contribution < 1.29 is 18.3 Å². The van der Waals surface area contributed by atoms with Gasteiger partial charge < -0.3 is 9.84 Å². The fraction of sp³-hybridized carbons (Fsp3) is 0.636. The van der Waals surface area contributed by atoms with Crippen molar-refractivity contribution in [3.63, 3.8) is 0 Å². The number of hydrogen-bond acceptors (Lipinski definition) is 6. The van der Waals surface area contributed by atoms with Crippen molar-refractivity contribution in [2.45, 2.75) is 6.42 Å². The molecule has 2 heterocycles. The molecule has 116 valence electrons. The van der Waals surface area contributed by atoms with Crippen LogP contribution in [0.1, 0.15) is 6.42 Å². The Kier molecular flexibility index (Phi) is 4.04. The van der Waals surface area contributed by atoms with Gasteiger partial charge in [-0.1, -0.05) is 0 Å². The molecular weight excluding hydrogens is 364 g/mol. The Morgan fingerprint density at radius 1 is 1.43 bits per heavy atom. The van der Waals surface area contributed by atoms with E-state index >= 15 is 0 Å². The molecule has 1 aliphatic carbocycles. The van der Waals surface area contributed by atoms with E-state index < -0.39 is 10.2 Å². The first kappa shape index (κ1) is 14.9. The third kappa shape index (κ3) is 3.12. The van der Waals surface area contributed by atoms with Crippen LogP contribution in [0.2, 0.25) is 0 Å². The number of fused-ring (bicyclic) bond motifs is 1. The molecule has 8 nitrogen and oxygen atoms in total. The molecule has 10 heteroatoms. The van der Waals surface area contributed by atoms with Crippen LogP contribution < -0.4 is 9.46 Å². The molecule has 2 N–H and O–H groups in total. The van der Waals surface area contributed by atoms with Gasteiger partial charge in [0.2, 0.25) is 5.88 Å². The molecule has 0 spiro atoms. The van der Waals surface area contributed by atoms with Gasteiger partial charge in [0.25, 0.3) is 0 Å². The number of aliphatic hydroxyl groups is 1. The van der Waals surface area contributed by atoms with Crippen molar-refractivity contribution in [3.8, 4) is 5.88 Å². The molecule has 2 atom stereocenters. The Morgan fingerprint density at radius 2 is 2.14 bits per heavy atom. The molecule has 0 unspecified atom stereocenters. The normalized spacial score (nSPS) is 24.7. The Bertz CT molecular complexity index is 631. The molecule has 1 aromatic heterocycles. The van der Waals surface area contributed by atoms with Crippen LogP contribution in [0.5, 0.6) is 5.88 Å². The molecular formula is C11H15BrN4O4S. The molecule has 3 rings (SSSR count). The topological polar surface area (TPSA) is 105 Å². The summed E-state index contributed by atoms with van der Waals surface area (Å²) >= 11 is 3.22. The highest BCUT2D eigenvalue weighted by atomic mass is 79.9. The second-order valence-corrected chi connectivity index (χ2v) is 7.56. The van der Waals surface area contributed by atoms with Crippen molar-refractivity contribution in [3.05, 3.63) is 10.8 Å². The van der Waals surface area contributed by atoms with E-state index in [1.165, 1.54) is 10.6 Å². The first-order valence-corrected chi connectivity index (χ1v) is 8.76. The van der Waals surface area contributed by atoms with Gasteiger partial charge >= 0.3 is 10.2 Å². The first-order valence-electron chi connectivity index (χ1n) is 6.53. The molecule has 1 saturated carbocycles. The zero-order chi connectivity index (χ0) is 15.0. The largest absolute Gasteiger partial charge is 0.474 e. The van der Waals surface area contributed by atoms with Gasteiger partial charge in [-0.3, -0.25) is 4.72 Å². The average Bonchev–Trinajstić information content (AvgIpc) is 3.06. The summed E-state index contributed by atoms with van der Waals surface area (Å²) in [7, 11) is -3.62. The molecule has 0 radical (unpaired) electrons. The lowest BCUT2D eigenvalue weighted by Gasteiger charge is -2.19. The zero-order valence-electron chi connectivity index (χ0n) is 11.1. The SMILES string of the molecule is O=S(=O)(Nc1ncnc(OCCO)c1Br)N1C[C@H]2C[C@H]2C1. The Morgan fingerprint density at radius 3 is 2.81 bits per heavy atom. The van der Waals surface area contributed by atoms with E-state index in [1.807, 2.05) is 0 Å². The minimum absolute atomic E-state index is 0.0668. The molecule has 1 saturated heterocycles. The van der Waals surface area contributed by atoms with E-state index in [1.54, 1.807) is 0 Å². The Balaban J connectivity index is 1.74. The van der Waals surface area contributed by atoms with E-state index in [4.69, 9.17) is 9.84 Å². The fourth-order valence-corrected chi connectivity index (χ4v) is 4.26. The quantitative estimate of drug-likeness (QED) is 0.733. The summed E-state index contributed by atoms with van der Waals surface area (Å²) in [6.45, 7) is 1.04. The summed E-state index contributed by atoms with van der Waals surface area (Å²) in [5.41, 5.74) is 0. The number of ether oxygens (including phenoxy) is 1. The first-order chi connectivity index (χ1) is 10.0. The highest BCUT2D eigenvalue weighted by Crippen LogP contribution is 2.45. The van der Waals surface area contributed by atoms with Gasteiger partial charge in [-0.2, -0.15) is 12.7 Å². The van der Waals surface area contributed by atoms with E-state index in [2.05, 4.69) is 30.6 Å².